The van der Waals surface area contributed by atoms with Crippen LogP contribution in [0.5, 0.6) is 5.75 Å². The van der Waals surface area contributed by atoms with Crippen molar-refractivity contribution in [3.05, 3.63) is 64.9 Å². The van der Waals surface area contributed by atoms with Gasteiger partial charge in [0.2, 0.25) is 0 Å². The molecule has 0 fully saturated rings. The van der Waals surface area contributed by atoms with Crippen LogP contribution in [0.1, 0.15) is 10.4 Å². The molecule has 0 bridgehead atoms. The van der Waals surface area contributed by atoms with Gasteiger partial charge in [0, 0.05) is 15.7 Å². The highest BCUT2D eigenvalue weighted by molar-refractivity contribution is 9.10. The fourth-order valence-corrected chi connectivity index (χ4v) is 2.46. The molecule has 0 saturated heterocycles. The Bertz CT molecular complexity index is 932. The van der Waals surface area contributed by atoms with Crippen molar-refractivity contribution in [1.29, 1.82) is 0 Å². The van der Waals surface area contributed by atoms with E-state index in [2.05, 4.69) is 42.1 Å². The van der Waals surface area contributed by atoms with Crippen LogP contribution in [-0.2, 0) is 0 Å². The van der Waals surface area contributed by atoms with Gasteiger partial charge in [-0.1, -0.05) is 15.9 Å². The number of hydrogen-bond donors (Lipinski definition) is 4. The average molecular weight is 429 g/mol. The number of nitrogens with zero attached hydrogens (tertiary/aromatic N) is 2. The Labute approximate surface area is 164 Å². The minimum atomic E-state index is -0.315. The maximum Gasteiger partial charge on any atom is 0.269 e. The molecule has 5 N–H and O–H groups in total. The molecule has 0 aliphatic rings. The Balaban J connectivity index is 1.68. The van der Waals surface area contributed by atoms with Crippen LogP contribution >= 0.6 is 15.9 Å². The van der Waals surface area contributed by atoms with Crippen LogP contribution in [0.4, 0.5) is 23.0 Å². The Kier molecular flexibility index (Phi) is 5.72. The zero-order chi connectivity index (χ0) is 19.2. The van der Waals surface area contributed by atoms with Gasteiger partial charge in [-0.3, -0.25) is 15.6 Å². The Morgan fingerprint density at radius 3 is 2.37 bits per heavy atom. The van der Waals surface area contributed by atoms with Crippen molar-refractivity contribution < 1.29 is 9.53 Å². The SMILES string of the molecule is COc1ccc(Nc2ncnc(NNC(=O)c3ccc(Br)cc3)c2N)cc1. The molecule has 1 heterocycles. The third kappa shape index (κ3) is 4.64. The molecule has 1 amide bonds. The topological polar surface area (TPSA) is 114 Å². The molecule has 3 aromatic rings. The summed E-state index contributed by atoms with van der Waals surface area (Å²) in [5, 5.41) is 3.10. The zero-order valence-corrected chi connectivity index (χ0v) is 15.9. The van der Waals surface area contributed by atoms with E-state index in [1.807, 2.05) is 24.3 Å². The highest BCUT2D eigenvalue weighted by atomic mass is 79.9. The largest absolute Gasteiger partial charge is 0.497 e. The fraction of sp³-hybridized carbons (Fsp3) is 0.0556. The molecule has 0 atom stereocenters. The predicted molar refractivity (Wildman–Crippen MR) is 108 cm³/mol. The number of nitrogens with one attached hydrogen (secondary N) is 3. The smallest absolute Gasteiger partial charge is 0.269 e. The summed E-state index contributed by atoms with van der Waals surface area (Å²) in [6, 6.07) is 14.3. The monoisotopic (exact) mass is 428 g/mol. The second-order valence-corrected chi connectivity index (χ2v) is 6.34. The minimum absolute atomic E-state index is 0.268. The summed E-state index contributed by atoms with van der Waals surface area (Å²) in [4.78, 5) is 20.4. The molecule has 9 heteroatoms. The number of hydrogen-bond acceptors (Lipinski definition) is 7. The molecule has 3 rings (SSSR count). The van der Waals surface area contributed by atoms with Crippen molar-refractivity contribution in [1.82, 2.24) is 15.4 Å². The van der Waals surface area contributed by atoms with E-state index < -0.39 is 0 Å². The number of amides is 1. The molecule has 0 spiro atoms. The maximum atomic E-state index is 12.2. The number of anilines is 4. The number of aromatic nitrogens is 2. The lowest BCUT2D eigenvalue weighted by Gasteiger charge is -2.13. The Morgan fingerprint density at radius 2 is 1.70 bits per heavy atom. The van der Waals surface area contributed by atoms with E-state index in [1.165, 1.54) is 6.33 Å². The number of nitrogens with two attached hydrogens (primary N) is 1. The van der Waals surface area contributed by atoms with E-state index in [-0.39, 0.29) is 17.4 Å². The summed E-state index contributed by atoms with van der Waals surface area (Å²) >= 11 is 3.33. The van der Waals surface area contributed by atoms with Gasteiger partial charge in [-0.05, 0) is 48.5 Å². The highest BCUT2D eigenvalue weighted by Gasteiger charge is 2.10. The zero-order valence-electron chi connectivity index (χ0n) is 14.4. The predicted octanol–water partition coefficient (Wildman–Crippen LogP) is 3.33. The van der Waals surface area contributed by atoms with Crippen molar-refractivity contribution in [2.75, 3.05) is 23.6 Å². The van der Waals surface area contributed by atoms with Crippen LogP contribution in [0.25, 0.3) is 0 Å². The Hall–Kier alpha value is -3.33. The molecular formula is C18H17BrN6O2. The van der Waals surface area contributed by atoms with E-state index in [9.17, 15) is 4.79 Å². The summed E-state index contributed by atoms with van der Waals surface area (Å²) in [6.45, 7) is 0. The lowest BCUT2D eigenvalue weighted by Crippen LogP contribution is -2.30. The molecule has 0 unspecified atom stereocenters. The van der Waals surface area contributed by atoms with Crippen LogP contribution in [0.3, 0.4) is 0 Å². The molecule has 1 aromatic heterocycles. The number of ether oxygens (including phenoxy) is 1. The van der Waals surface area contributed by atoms with E-state index in [1.54, 1.807) is 31.4 Å². The molecule has 27 heavy (non-hydrogen) atoms. The number of rotatable bonds is 6. The number of nitrogen functional groups attached to an aromatic ring is 1. The van der Waals surface area contributed by atoms with Crippen LogP contribution in [-0.4, -0.2) is 23.0 Å². The summed E-state index contributed by atoms with van der Waals surface area (Å²) in [7, 11) is 1.60. The highest BCUT2D eigenvalue weighted by Crippen LogP contribution is 2.26. The minimum Gasteiger partial charge on any atom is -0.497 e. The molecule has 8 nitrogen and oxygen atoms in total. The number of hydrazine groups is 1. The Morgan fingerprint density at radius 1 is 1.04 bits per heavy atom. The van der Waals surface area contributed by atoms with Crippen LogP contribution in [0, 0.1) is 0 Å². The summed E-state index contributed by atoms with van der Waals surface area (Å²) in [6.07, 6.45) is 1.34. The van der Waals surface area contributed by atoms with Gasteiger partial charge < -0.3 is 15.8 Å². The number of methoxy groups -OCH3 is 1. The fourth-order valence-electron chi connectivity index (χ4n) is 2.20. The molecule has 0 aliphatic heterocycles. The van der Waals surface area contributed by atoms with Crippen molar-refractivity contribution in [2.24, 2.45) is 0 Å². The lowest BCUT2D eigenvalue weighted by atomic mass is 10.2. The van der Waals surface area contributed by atoms with Crippen molar-refractivity contribution >= 4 is 44.8 Å². The van der Waals surface area contributed by atoms with Gasteiger partial charge in [0.15, 0.2) is 11.6 Å². The van der Waals surface area contributed by atoms with Gasteiger partial charge in [0.05, 0.1) is 7.11 Å². The van der Waals surface area contributed by atoms with Crippen LogP contribution in [0.2, 0.25) is 0 Å². The van der Waals surface area contributed by atoms with Gasteiger partial charge in [0.1, 0.15) is 17.8 Å². The quantitative estimate of drug-likeness (QED) is 0.445. The number of benzene rings is 2. The first-order valence-corrected chi connectivity index (χ1v) is 8.69. The molecular weight excluding hydrogens is 412 g/mol. The molecule has 138 valence electrons. The number of carbonyl (C=O) groups excluding carboxylic acids is 1. The molecule has 0 saturated carbocycles. The maximum absolute atomic E-state index is 12.2. The van der Waals surface area contributed by atoms with Gasteiger partial charge in [-0.15, -0.1) is 0 Å². The van der Waals surface area contributed by atoms with Gasteiger partial charge in [0.25, 0.3) is 5.91 Å². The first kappa shape index (κ1) is 18.5. The van der Waals surface area contributed by atoms with Crippen LogP contribution in [0.15, 0.2) is 59.3 Å². The van der Waals surface area contributed by atoms with Gasteiger partial charge in [-0.2, -0.15) is 0 Å². The second kappa shape index (κ2) is 8.37. The first-order valence-electron chi connectivity index (χ1n) is 7.90. The van der Waals surface area contributed by atoms with Crippen molar-refractivity contribution in [3.8, 4) is 5.75 Å². The van der Waals surface area contributed by atoms with Crippen LogP contribution < -0.4 is 26.6 Å². The van der Waals surface area contributed by atoms with E-state index in [4.69, 9.17) is 10.5 Å². The van der Waals surface area contributed by atoms with Gasteiger partial charge in [-0.25, -0.2) is 9.97 Å². The molecule has 2 aromatic carbocycles. The first-order chi connectivity index (χ1) is 13.1. The standard InChI is InChI=1S/C18H17BrN6O2/c1-27-14-8-6-13(7-9-14)23-16-15(20)17(22-10-21-16)24-25-18(26)11-2-4-12(19)5-3-11/h2-10H,20H2,1H3,(H,25,26)(H2,21,22,23,24). The summed E-state index contributed by atoms with van der Waals surface area (Å²) in [5.41, 5.74) is 12.9. The molecule has 0 radical (unpaired) electrons. The van der Waals surface area contributed by atoms with Crippen molar-refractivity contribution in [3.63, 3.8) is 0 Å². The summed E-state index contributed by atoms with van der Waals surface area (Å²) < 4.78 is 6.02. The summed E-state index contributed by atoms with van der Waals surface area (Å²) in [5.74, 6) is 1.13. The second-order valence-electron chi connectivity index (χ2n) is 5.42. The third-order valence-electron chi connectivity index (χ3n) is 3.64. The van der Waals surface area contributed by atoms with E-state index in [0.717, 1.165) is 15.9 Å². The van der Waals surface area contributed by atoms with Gasteiger partial charge >= 0.3 is 0 Å². The normalized spacial score (nSPS) is 10.1. The average Bonchev–Trinajstić information content (AvgIpc) is 2.69. The third-order valence-corrected chi connectivity index (χ3v) is 4.17. The van der Waals surface area contributed by atoms with E-state index in [0.29, 0.717) is 11.4 Å². The lowest BCUT2D eigenvalue weighted by molar-refractivity contribution is 0.0962. The number of halogens is 1. The molecule has 0 aliphatic carbocycles. The van der Waals surface area contributed by atoms with Crippen molar-refractivity contribution in [2.45, 2.75) is 0 Å². The number of carbonyl (C=O) groups is 1. The van der Waals surface area contributed by atoms with E-state index >= 15 is 0 Å².